The molecule has 0 radical (unpaired) electrons. The highest BCUT2D eigenvalue weighted by molar-refractivity contribution is 7.71. The van der Waals surface area contributed by atoms with Gasteiger partial charge < -0.3 is 4.74 Å². The van der Waals surface area contributed by atoms with Crippen LogP contribution in [0.2, 0.25) is 0 Å². The molecule has 1 heterocycles. The molecule has 1 aromatic heterocycles. The van der Waals surface area contributed by atoms with E-state index >= 15 is 0 Å². The monoisotopic (exact) mass is 229 g/mol. The fourth-order valence-corrected chi connectivity index (χ4v) is 2.09. The molecule has 0 fully saturated rings. The molecular weight excluding hydrogens is 210 g/mol. The van der Waals surface area contributed by atoms with Gasteiger partial charge in [-0.1, -0.05) is 13.8 Å². The molecule has 15 heavy (non-hydrogen) atoms. The number of aromatic nitrogens is 3. The van der Waals surface area contributed by atoms with Crippen molar-refractivity contribution in [2.75, 3.05) is 13.7 Å². The Morgan fingerprint density at radius 1 is 1.53 bits per heavy atom. The number of nitrogens with one attached hydrogen (secondary N) is 1. The molecule has 1 rings (SSSR count). The molecule has 1 N–H and O–H groups in total. The fraction of sp³-hybridized carbons (Fsp3) is 0.800. The Hall–Kier alpha value is -0.680. The molecule has 0 saturated carbocycles. The summed E-state index contributed by atoms with van der Waals surface area (Å²) < 4.78 is 7.90. The summed E-state index contributed by atoms with van der Waals surface area (Å²) in [5.74, 6) is 1.32. The Morgan fingerprint density at radius 2 is 2.13 bits per heavy atom. The fourth-order valence-electron chi connectivity index (χ4n) is 1.70. The minimum absolute atomic E-state index is 0.168. The maximum atomic E-state index is 5.24. The summed E-state index contributed by atoms with van der Waals surface area (Å²) in [6.07, 6.45) is 0. The van der Waals surface area contributed by atoms with E-state index in [0.29, 0.717) is 17.3 Å². The first-order valence-corrected chi connectivity index (χ1v) is 5.47. The van der Waals surface area contributed by atoms with Crippen LogP contribution in [0.3, 0.4) is 0 Å². The smallest absolute Gasteiger partial charge is 0.195 e. The van der Waals surface area contributed by atoms with Crippen LogP contribution < -0.4 is 0 Å². The molecule has 0 saturated heterocycles. The third-order valence-electron chi connectivity index (χ3n) is 2.32. The number of ether oxygens (including phenoxy) is 1. The molecule has 0 bridgehead atoms. The molecule has 86 valence electrons. The second-order valence-electron chi connectivity index (χ2n) is 4.62. The Labute approximate surface area is 95.7 Å². The summed E-state index contributed by atoms with van der Waals surface area (Å²) in [7, 11) is 1.69. The molecule has 0 aliphatic carbocycles. The third kappa shape index (κ3) is 2.46. The van der Waals surface area contributed by atoms with Gasteiger partial charge in [0.15, 0.2) is 4.77 Å². The van der Waals surface area contributed by atoms with E-state index in [1.54, 1.807) is 7.11 Å². The third-order valence-corrected chi connectivity index (χ3v) is 2.59. The van der Waals surface area contributed by atoms with Crippen molar-refractivity contribution in [3.63, 3.8) is 0 Å². The van der Waals surface area contributed by atoms with Crippen LogP contribution in [-0.2, 0) is 10.3 Å². The van der Waals surface area contributed by atoms with E-state index in [-0.39, 0.29) is 5.54 Å². The molecule has 4 nitrogen and oxygen atoms in total. The normalized spacial score (nSPS) is 12.4. The molecule has 1 aromatic rings. The zero-order chi connectivity index (χ0) is 11.6. The Kier molecular flexibility index (Phi) is 3.67. The largest absolute Gasteiger partial charge is 0.382 e. The average molecular weight is 229 g/mol. The van der Waals surface area contributed by atoms with E-state index in [2.05, 4.69) is 37.9 Å². The average Bonchev–Trinajstić information content (AvgIpc) is 2.47. The first-order valence-electron chi connectivity index (χ1n) is 5.07. The molecule has 0 aliphatic rings. The quantitative estimate of drug-likeness (QED) is 0.806. The zero-order valence-electron chi connectivity index (χ0n) is 10.00. The summed E-state index contributed by atoms with van der Waals surface area (Å²) in [4.78, 5) is 0. The van der Waals surface area contributed by atoms with E-state index in [4.69, 9.17) is 17.0 Å². The van der Waals surface area contributed by atoms with Gasteiger partial charge in [0, 0.05) is 13.0 Å². The van der Waals surface area contributed by atoms with Crippen molar-refractivity contribution in [1.82, 2.24) is 14.8 Å². The second kappa shape index (κ2) is 4.45. The highest BCUT2D eigenvalue weighted by Crippen LogP contribution is 2.22. The van der Waals surface area contributed by atoms with Crippen LogP contribution >= 0.6 is 12.2 Å². The number of nitrogens with zero attached hydrogens (tertiary/aromatic N) is 2. The van der Waals surface area contributed by atoms with Crippen LogP contribution in [0.4, 0.5) is 0 Å². The number of H-pyrrole nitrogens is 1. The van der Waals surface area contributed by atoms with Gasteiger partial charge in [0.2, 0.25) is 0 Å². The predicted octanol–water partition coefficient (Wildman–Crippen LogP) is 2.45. The molecule has 0 unspecified atom stereocenters. The number of hydrogen-bond donors (Lipinski definition) is 1. The van der Waals surface area contributed by atoms with Gasteiger partial charge in [-0.05, 0) is 26.1 Å². The highest BCUT2D eigenvalue weighted by atomic mass is 32.1. The van der Waals surface area contributed by atoms with Crippen LogP contribution in [-0.4, -0.2) is 28.5 Å². The number of rotatable bonds is 4. The van der Waals surface area contributed by atoms with Gasteiger partial charge in [-0.2, -0.15) is 5.10 Å². The van der Waals surface area contributed by atoms with Gasteiger partial charge in [0.25, 0.3) is 0 Å². The van der Waals surface area contributed by atoms with Crippen LogP contribution in [0.5, 0.6) is 0 Å². The van der Waals surface area contributed by atoms with Crippen LogP contribution in [0.15, 0.2) is 0 Å². The topological polar surface area (TPSA) is 42.8 Å². The molecule has 0 amide bonds. The van der Waals surface area contributed by atoms with Gasteiger partial charge in [-0.15, -0.1) is 0 Å². The lowest BCUT2D eigenvalue weighted by atomic mass is 10.1. The lowest BCUT2D eigenvalue weighted by Gasteiger charge is -2.27. The van der Waals surface area contributed by atoms with Crippen LogP contribution in [0.25, 0.3) is 0 Å². The Bertz CT molecular complexity index is 378. The van der Waals surface area contributed by atoms with Gasteiger partial charge in [0.1, 0.15) is 5.82 Å². The van der Waals surface area contributed by atoms with Crippen molar-refractivity contribution in [1.29, 1.82) is 0 Å². The minimum atomic E-state index is -0.168. The number of hydrogen-bond acceptors (Lipinski definition) is 3. The van der Waals surface area contributed by atoms with Gasteiger partial charge >= 0.3 is 0 Å². The predicted molar refractivity (Wildman–Crippen MR) is 62.7 cm³/mol. The van der Waals surface area contributed by atoms with Crippen molar-refractivity contribution in [2.45, 2.75) is 39.2 Å². The van der Waals surface area contributed by atoms with Crippen molar-refractivity contribution < 1.29 is 4.74 Å². The zero-order valence-corrected chi connectivity index (χ0v) is 10.8. The Morgan fingerprint density at radius 3 is 2.60 bits per heavy atom. The lowest BCUT2D eigenvalue weighted by Crippen LogP contribution is -2.33. The second-order valence-corrected chi connectivity index (χ2v) is 5.01. The molecule has 0 atom stereocenters. The molecule has 5 heteroatoms. The summed E-state index contributed by atoms with van der Waals surface area (Å²) in [5, 5.41) is 7.10. The van der Waals surface area contributed by atoms with Gasteiger partial charge in [0.05, 0.1) is 12.1 Å². The maximum Gasteiger partial charge on any atom is 0.195 e. The molecular formula is C10H19N3OS. The SMILES string of the molecule is COCC(C)(C)n1c(C(C)C)n[nH]c1=S. The maximum absolute atomic E-state index is 5.24. The van der Waals surface area contributed by atoms with Crippen molar-refractivity contribution in [3.05, 3.63) is 10.6 Å². The van der Waals surface area contributed by atoms with E-state index < -0.39 is 0 Å². The molecule has 0 aromatic carbocycles. The number of aromatic amines is 1. The summed E-state index contributed by atoms with van der Waals surface area (Å²) in [6, 6.07) is 0. The molecule has 0 spiro atoms. The van der Waals surface area contributed by atoms with E-state index in [1.807, 2.05) is 4.57 Å². The van der Waals surface area contributed by atoms with Gasteiger partial charge in [-0.3, -0.25) is 9.67 Å². The summed E-state index contributed by atoms with van der Waals surface area (Å²) in [6.45, 7) is 9.00. The first kappa shape index (κ1) is 12.4. The van der Waals surface area contributed by atoms with Gasteiger partial charge in [-0.25, -0.2) is 0 Å². The van der Waals surface area contributed by atoms with Crippen LogP contribution in [0.1, 0.15) is 39.4 Å². The summed E-state index contributed by atoms with van der Waals surface area (Å²) >= 11 is 5.24. The van der Waals surface area contributed by atoms with Crippen molar-refractivity contribution >= 4 is 12.2 Å². The lowest BCUT2D eigenvalue weighted by molar-refractivity contribution is 0.106. The minimum Gasteiger partial charge on any atom is -0.382 e. The molecule has 0 aliphatic heterocycles. The van der Waals surface area contributed by atoms with E-state index in [1.165, 1.54) is 0 Å². The highest BCUT2D eigenvalue weighted by Gasteiger charge is 2.25. The Balaban J connectivity index is 3.22. The van der Waals surface area contributed by atoms with E-state index in [9.17, 15) is 0 Å². The van der Waals surface area contributed by atoms with Crippen LogP contribution in [0, 0.1) is 4.77 Å². The number of methoxy groups -OCH3 is 1. The van der Waals surface area contributed by atoms with E-state index in [0.717, 1.165) is 5.82 Å². The van der Waals surface area contributed by atoms with Crippen molar-refractivity contribution in [3.8, 4) is 0 Å². The van der Waals surface area contributed by atoms with Crippen molar-refractivity contribution in [2.24, 2.45) is 0 Å². The summed E-state index contributed by atoms with van der Waals surface area (Å²) in [5.41, 5.74) is -0.168. The first-order chi connectivity index (χ1) is 6.90. The standard InChI is InChI=1S/C10H19N3OS/c1-7(2)8-11-12-9(15)13(8)10(3,4)6-14-5/h7H,6H2,1-5H3,(H,12,15).